The average Bonchev–Trinajstić information content (AvgIpc) is 3.23. The van der Waals surface area contributed by atoms with Gasteiger partial charge in [-0.2, -0.15) is 5.10 Å². The van der Waals surface area contributed by atoms with Gasteiger partial charge in [0.25, 0.3) is 0 Å². The lowest BCUT2D eigenvalue weighted by Crippen LogP contribution is -2.20. The first kappa shape index (κ1) is 21.4. The van der Waals surface area contributed by atoms with Crippen molar-refractivity contribution in [1.82, 2.24) is 14.8 Å². The molecule has 1 aliphatic carbocycles. The minimum atomic E-state index is -3.06. The number of rotatable bonds is 4. The van der Waals surface area contributed by atoms with Gasteiger partial charge in [0.15, 0.2) is 0 Å². The van der Waals surface area contributed by atoms with Gasteiger partial charge in [-0.05, 0) is 35.1 Å². The quantitative estimate of drug-likeness (QED) is 0.619. The molecular weight excluding hydrogens is 442 g/mol. The van der Waals surface area contributed by atoms with E-state index in [1.165, 1.54) is 18.0 Å². The van der Waals surface area contributed by atoms with Crippen LogP contribution in [0.4, 0.5) is 10.5 Å². The highest BCUT2D eigenvalue weighted by molar-refractivity contribution is 7.93. The van der Waals surface area contributed by atoms with E-state index in [0.29, 0.717) is 41.4 Å². The van der Waals surface area contributed by atoms with Gasteiger partial charge in [-0.15, -0.1) is 4.36 Å². The molecular formula is C23H25N5O4S. The van der Waals surface area contributed by atoms with Crippen molar-refractivity contribution < 1.29 is 18.5 Å². The van der Waals surface area contributed by atoms with E-state index in [-0.39, 0.29) is 0 Å². The smallest absolute Gasteiger partial charge is 0.353 e. The number of ether oxygens (including phenoxy) is 2. The van der Waals surface area contributed by atoms with Crippen molar-refractivity contribution in [2.75, 3.05) is 25.3 Å². The molecule has 0 spiro atoms. The van der Waals surface area contributed by atoms with Gasteiger partial charge in [-0.3, -0.25) is 0 Å². The average molecular weight is 468 g/mol. The zero-order valence-corrected chi connectivity index (χ0v) is 19.5. The van der Waals surface area contributed by atoms with E-state index < -0.39 is 15.8 Å². The first-order valence-electron chi connectivity index (χ1n) is 10.8. The summed E-state index contributed by atoms with van der Waals surface area (Å²) in [6.07, 6.45) is 6.35. The maximum absolute atomic E-state index is 13.4. The highest BCUT2D eigenvalue weighted by Crippen LogP contribution is 2.45. The summed E-state index contributed by atoms with van der Waals surface area (Å²) in [7, 11) is -1.50. The van der Waals surface area contributed by atoms with Crippen LogP contribution in [-0.4, -0.2) is 45.0 Å². The van der Waals surface area contributed by atoms with Gasteiger partial charge < -0.3 is 14.8 Å². The number of carbonyl (C=O) groups excluding carboxylic acids is 1. The highest BCUT2D eigenvalue weighted by atomic mass is 32.2. The summed E-state index contributed by atoms with van der Waals surface area (Å²) < 4.78 is 30.0. The van der Waals surface area contributed by atoms with E-state index in [0.717, 1.165) is 29.5 Å². The van der Waals surface area contributed by atoms with E-state index in [4.69, 9.17) is 9.47 Å². The zero-order chi connectivity index (χ0) is 23.2. The molecule has 2 amide bonds. The van der Waals surface area contributed by atoms with Gasteiger partial charge in [-0.25, -0.2) is 18.7 Å². The number of pyridine rings is 1. The Morgan fingerprint density at radius 2 is 2.21 bits per heavy atom. The number of carbonyl (C=O) groups is 1. The largest absolute Gasteiger partial charge is 0.481 e. The molecule has 3 heterocycles. The highest BCUT2D eigenvalue weighted by Gasteiger charge is 2.29. The molecule has 0 radical (unpaired) electrons. The van der Waals surface area contributed by atoms with Crippen LogP contribution < -0.4 is 14.8 Å². The molecule has 3 aromatic rings. The monoisotopic (exact) mass is 467 g/mol. The molecule has 2 aliphatic rings. The number of methoxy groups -OCH3 is 1. The van der Waals surface area contributed by atoms with Gasteiger partial charge in [0.1, 0.15) is 4.90 Å². The Kier molecular flexibility index (Phi) is 5.32. The van der Waals surface area contributed by atoms with Gasteiger partial charge in [0.05, 0.1) is 35.3 Å². The second-order valence-corrected chi connectivity index (χ2v) is 10.5. The molecule has 2 aromatic heterocycles. The lowest BCUT2D eigenvalue weighted by Gasteiger charge is -2.31. The van der Waals surface area contributed by atoms with Crippen LogP contribution in [-0.2, 0) is 22.7 Å². The number of hydrogen-bond acceptors (Lipinski definition) is 6. The fraction of sp³-hybridized carbons (Fsp3) is 0.348. The molecule has 5 rings (SSSR count). The Hall–Kier alpha value is -3.40. The number of urea groups is 1. The van der Waals surface area contributed by atoms with Crippen LogP contribution in [0.2, 0.25) is 0 Å². The second-order valence-electron chi connectivity index (χ2n) is 8.32. The molecule has 33 heavy (non-hydrogen) atoms. The predicted molar refractivity (Wildman–Crippen MR) is 124 cm³/mol. The number of hydrogen-bond donors (Lipinski definition) is 1. The van der Waals surface area contributed by atoms with E-state index in [1.54, 1.807) is 18.0 Å². The van der Waals surface area contributed by atoms with E-state index >= 15 is 0 Å². The summed E-state index contributed by atoms with van der Waals surface area (Å²) in [5.41, 5.74) is 4.62. The number of nitrogens with one attached hydrogen (secondary N) is 1. The Labute approximate surface area is 192 Å². The SMILES string of the molecule is COc1cc(-c2ccc3c(c2NC(=O)N=S(C)(=O)c2cnn4c2OCCC4)[C@@H](C)C3)ccn1. The third kappa shape index (κ3) is 3.84. The Balaban J connectivity index is 1.53. The number of amides is 2. The van der Waals surface area contributed by atoms with Crippen LogP contribution >= 0.6 is 0 Å². The zero-order valence-electron chi connectivity index (χ0n) is 18.7. The third-order valence-corrected chi connectivity index (χ3v) is 7.63. The summed E-state index contributed by atoms with van der Waals surface area (Å²) in [5, 5.41) is 7.15. The van der Waals surface area contributed by atoms with Gasteiger partial charge in [0.2, 0.25) is 11.8 Å². The fourth-order valence-corrected chi connectivity index (χ4v) is 5.60. The molecule has 1 unspecified atom stereocenters. The second kappa shape index (κ2) is 8.18. The lowest BCUT2D eigenvalue weighted by molar-refractivity contribution is 0.224. The number of benzene rings is 1. The van der Waals surface area contributed by atoms with Gasteiger partial charge in [0, 0.05) is 37.0 Å². The molecule has 10 heteroatoms. The standard InChI is InChI=1S/C23H25N5O4S/c1-14-11-16-5-6-17(15-7-8-24-19(12-15)31-2)21(20(14)16)26-23(29)27-33(3,30)18-13-25-28-9-4-10-32-22(18)28/h5-8,12-14H,4,9-11H2,1-3H3,(H,26,29)/t14-,33?/m0/s1. The lowest BCUT2D eigenvalue weighted by atomic mass is 9.76. The number of aryl methyl sites for hydroxylation is 1. The fourth-order valence-electron chi connectivity index (χ4n) is 4.41. The van der Waals surface area contributed by atoms with Crippen LogP contribution in [0.25, 0.3) is 11.1 Å². The first-order valence-corrected chi connectivity index (χ1v) is 12.7. The van der Waals surface area contributed by atoms with E-state index in [2.05, 4.69) is 32.8 Å². The third-order valence-electron chi connectivity index (χ3n) is 6.02. The van der Waals surface area contributed by atoms with E-state index in [1.807, 2.05) is 18.2 Å². The molecule has 9 nitrogen and oxygen atoms in total. The predicted octanol–water partition coefficient (Wildman–Crippen LogP) is 4.08. The molecule has 0 bridgehead atoms. The van der Waals surface area contributed by atoms with Crippen molar-refractivity contribution in [3.63, 3.8) is 0 Å². The summed E-state index contributed by atoms with van der Waals surface area (Å²) in [6, 6.07) is 7.05. The normalized spacial score (nSPS) is 18.1. The molecule has 1 aromatic carbocycles. The molecule has 1 aliphatic heterocycles. The summed E-state index contributed by atoms with van der Waals surface area (Å²) >= 11 is 0. The first-order chi connectivity index (χ1) is 15.9. The maximum atomic E-state index is 13.4. The summed E-state index contributed by atoms with van der Waals surface area (Å²) in [4.78, 5) is 17.5. The number of aromatic nitrogens is 3. The Morgan fingerprint density at radius 3 is 3.00 bits per heavy atom. The van der Waals surface area contributed by atoms with E-state index in [9.17, 15) is 9.00 Å². The summed E-state index contributed by atoms with van der Waals surface area (Å²) in [5.74, 6) is 1.20. The molecule has 2 atom stereocenters. The Morgan fingerprint density at radius 1 is 1.36 bits per heavy atom. The number of nitrogens with zero attached hydrogens (tertiary/aromatic N) is 4. The van der Waals surface area contributed by atoms with Crippen molar-refractivity contribution in [3.05, 3.63) is 47.8 Å². The molecule has 0 saturated heterocycles. The topological polar surface area (TPSA) is 108 Å². The Bertz CT molecular complexity index is 1370. The minimum absolute atomic E-state index is 0.293. The molecule has 0 fully saturated rings. The van der Waals surface area contributed by atoms with Crippen LogP contribution in [0.5, 0.6) is 11.8 Å². The van der Waals surface area contributed by atoms with Crippen LogP contribution in [0.1, 0.15) is 30.4 Å². The van der Waals surface area contributed by atoms with Crippen molar-refractivity contribution in [2.24, 2.45) is 4.36 Å². The summed E-state index contributed by atoms with van der Waals surface area (Å²) in [6.45, 7) is 3.32. The minimum Gasteiger partial charge on any atom is -0.481 e. The maximum Gasteiger partial charge on any atom is 0.353 e. The van der Waals surface area contributed by atoms with Crippen LogP contribution in [0.3, 0.4) is 0 Å². The molecule has 0 saturated carbocycles. The molecule has 172 valence electrons. The van der Waals surface area contributed by atoms with Gasteiger partial charge in [-0.1, -0.05) is 19.1 Å². The van der Waals surface area contributed by atoms with Crippen molar-refractivity contribution in [2.45, 2.75) is 37.1 Å². The van der Waals surface area contributed by atoms with Crippen LogP contribution in [0.15, 0.2) is 45.9 Å². The number of fused-ring (bicyclic) bond motifs is 2. The van der Waals surface area contributed by atoms with Gasteiger partial charge >= 0.3 is 6.03 Å². The molecule has 1 N–H and O–H groups in total. The van der Waals surface area contributed by atoms with Crippen molar-refractivity contribution >= 4 is 21.4 Å². The van der Waals surface area contributed by atoms with Crippen molar-refractivity contribution in [1.29, 1.82) is 0 Å². The van der Waals surface area contributed by atoms with Crippen molar-refractivity contribution in [3.8, 4) is 22.9 Å². The number of anilines is 1. The van der Waals surface area contributed by atoms with Crippen LogP contribution in [0, 0.1) is 0 Å².